The Morgan fingerprint density at radius 2 is 2.16 bits per heavy atom. The molecule has 5 nitrogen and oxygen atoms in total. The first-order chi connectivity index (χ1) is 9.19. The van der Waals surface area contributed by atoms with Gasteiger partial charge in [-0.1, -0.05) is 0 Å². The van der Waals surface area contributed by atoms with E-state index in [1.165, 1.54) is 0 Å². The fourth-order valence-electron chi connectivity index (χ4n) is 2.35. The van der Waals surface area contributed by atoms with Crippen LogP contribution in [-0.4, -0.2) is 34.7 Å². The standard InChI is InChI=1S/C14H21N3O2/c1-2-15-14(19)13-9-11(7-8-16-13)17-10-3-5-12(18)6-4-10/h7-10,12,18H,2-6H2,1H3,(H,15,19)(H,16,17). The van der Waals surface area contributed by atoms with Gasteiger partial charge in [0.1, 0.15) is 5.69 Å². The third-order valence-corrected chi connectivity index (χ3v) is 3.40. The monoisotopic (exact) mass is 263 g/mol. The van der Waals surface area contributed by atoms with E-state index in [0.717, 1.165) is 31.4 Å². The minimum Gasteiger partial charge on any atom is -0.393 e. The Bertz CT molecular complexity index is 428. The molecule has 1 aromatic rings. The van der Waals surface area contributed by atoms with Crippen LogP contribution in [0.2, 0.25) is 0 Å². The van der Waals surface area contributed by atoms with Crippen LogP contribution >= 0.6 is 0 Å². The number of nitrogens with one attached hydrogen (secondary N) is 2. The van der Waals surface area contributed by atoms with Crippen LogP contribution < -0.4 is 10.6 Å². The molecule has 1 fully saturated rings. The summed E-state index contributed by atoms with van der Waals surface area (Å²) >= 11 is 0. The summed E-state index contributed by atoms with van der Waals surface area (Å²) in [5, 5.41) is 15.6. The lowest BCUT2D eigenvalue weighted by molar-refractivity contribution is 0.0951. The van der Waals surface area contributed by atoms with Gasteiger partial charge in [-0.2, -0.15) is 0 Å². The van der Waals surface area contributed by atoms with Crippen molar-refractivity contribution in [2.75, 3.05) is 11.9 Å². The highest BCUT2D eigenvalue weighted by atomic mass is 16.3. The molecule has 0 aliphatic heterocycles. The number of aliphatic hydroxyl groups is 1. The highest BCUT2D eigenvalue weighted by Gasteiger charge is 2.19. The zero-order valence-corrected chi connectivity index (χ0v) is 11.2. The second kappa shape index (κ2) is 6.52. The third kappa shape index (κ3) is 3.92. The Hall–Kier alpha value is -1.62. The van der Waals surface area contributed by atoms with Crippen LogP contribution in [0.4, 0.5) is 5.69 Å². The molecule has 0 unspecified atom stereocenters. The fraction of sp³-hybridized carbons (Fsp3) is 0.571. The van der Waals surface area contributed by atoms with Crippen LogP contribution in [0.25, 0.3) is 0 Å². The van der Waals surface area contributed by atoms with Crippen LogP contribution in [0.1, 0.15) is 43.1 Å². The van der Waals surface area contributed by atoms with Crippen LogP contribution in [0, 0.1) is 0 Å². The Morgan fingerprint density at radius 3 is 2.84 bits per heavy atom. The Labute approximate surface area is 113 Å². The summed E-state index contributed by atoms with van der Waals surface area (Å²) in [5.41, 5.74) is 1.35. The predicted octanol–water partition coefficient (Wildman–Crippen LogP) is 1.55. The van der Waals surface area contributed by atoms with Crippen molar-refractivity contribution < 1.29 is 9.90 Å². The maximum absolute atomic E-state index is 11.7. The van der Waals surface area contributed by atoms with Gasteiger partial charge >= 0.3 is 0 Å². The van der Waals surface area contributed by atoms with Gasteiger partial charge in [0.05, 0.1) is 6.10 Å². The molecule has 1 aromatic heterocycles. The van der Waals surface area contributed by atoms with E-state index in [4.69, 9.17) is 0 Å². The number of carbonyl (C=O) groups is 1. The van der Waals surface area contributed by atoms with Crippen molar-refractivity contribution in [2.24, 2.45) is 0 Å². The zero-order chi connectivity index (χ0) is 13.7. The molecule has 0 bridgehead atoms. The molecule has 1 amide bonds. The van der Waals surface area contributed by atoms with Crippen LogP contribution in [-0.2, 0) is 0 Å². The van der Waals surface area contributed by atoms with E-state index in [0.29, 0.717) is 18.3 Å². The molecule has 0 radical (unpaired) electrons. The predicted molar refractivity (Wildman–Crippen MR) is 74.1 cm³/mol. The molecule has 1 saturated carbocycles. The number of amides is 1. The molecule has 2 rings (SSSR count). The number of aromatic nitrogens is 1. The SMILES string of the molecule is CCNC(=O)c1cc(NC2CCC(O)CC2)ccn1. The maximum atomic E-state index is 11.7. The van der Waals surface area contributed by atoms with E-state index in [1.54, 1.807) is 12.3 Å². The van der Waals surface area contributed by atoms with Gasteiger partial charge in [0.25, 0.3) is 5.91 Å². The van der Waals surface area contributed by atoms with E-state index in [9.17, 15) is 9.90 Å². The molecule has 0 spiro atoms. The molecule has 1 aliphatic carbocycles. The first-order valence-electron chi connectivity index (χ1n) is 6.88. The van der Waals surface area contributed by atoms with E-state index >= 15 is 0 Å². The number of aliphatic hydroxyl groups excluding tert-OH is 1. The summed E-state index contributed by atoms with van der Waals surface area (Å²) in [6, 6.07) is 4.01. The third-order valence-electron chi connectivity index (χ3n) is 3.40. The van der Waals surface area contributed by atoms with Crippen molar-refractivity contribution in [1.82, 2.24) is 10.3 Å². The summed E-state index contributed by atoms with van der Waals surface area (Å²) in [4.78, 5) is 15.8. The lowest BCUT2D eigenvalue weighted by Crippen LogP contribution is -2.28. The van der Waals surface area contributed by atoms with Gasteiger partial charge in [-0.05, 0) is 44.7 Å². The van der Waals surface area contributed by atoms with Gasteiger partial charge in [0.2, 0.25) is 0 Å². The number of hydrogen-bond acceptors (Lipinski definition) is 4. The van der Waals surface area contributed by atoms with Gasteiger partial charge in [-0.25, -0.2) is 0 Å². The average Bonchev–Trinajstić information content (AvgIpc) is 2.42. The number of rotatable bonds is 4. The summed E-state index contributed by atoms with van der Waals surface area (Å²) in [6.45, 7) is 2.48. The molecule has 19 heavy (non-hydrogen) atoms. The van der Waals surface area contributed by atoms with Crippen molar-refractivity contribution >= 4 is 11.6 Å². The summed E-state index contributed by atoms with van der Waals surface area (Å²) in [5.74, 6) is -0.148. The quantitative estimate of drug-likeness (QED) is 0.770. The Balaban J connectivity index is 1.97. The highest BCUT2D eigenvalue weighted by molar-refractivity contribution is 5.93. The van der Waals surface area contributed by atoms with Gasteiger partial charge in [0, 0.05) is 24.5 Å². The summed E-state index contributed by atoms with van der Waals surface area (Å²) in [6.07, 6.45) is 5.09. The lowest BCUT2D eigenvalue weighted by Gasteiger charge is -2.27. The van der Waals surface area contributed by atoms with Crippen molar-refractivity contribution in [1.29, 1.82) is 0 Å². The number of nitrogens with zero attached hydrogens (tertiary/aromatic N) is 1. The lowest BCUT2D eigenvalue weighted by atomic mass is 9.93. The van der Waals surface area contributed by atoms with Crippen LogP contribution in [0.5, 0.6) is 0 Å². The largest absolute Gasteiger partial charge is 0.393 e. The Morgan fingerprint density at radius 1 is 1.42 bits per heavy atom. The second-order valence-corrected chi connectivity index (χ2v) is 4.94. The topological polar surface area (TPSA) is 74.2 Å². The first kappa shape index (κ1) is 13.8. The maximum Gasteiger partial charge on any atom is 0.269 e. The summed E-state index contributed by atoms with van der Waals surface area (Å²) in [7, 11) is 0. The van der Waals surface area contributed by atoms with Crippen LogP contribution in [0.3, 0.4) is 0 Å². The second-order valence-electron chi connectivity index (χ2n) is 4.94. The smallest absolute Gasteiger partial charge is 0.269 e. The van der Waals surface area contributed by atoms with Gasteiger partial charge in [0.15, 0.2) is 0 Å². The van der Waals surface area contributed by atoms with Gasteiger partial charge < -0.3 is 15.7 Å². The normalized spacial score (nSPS) is 22.8. The van der Waals surface area contributed by atoms with Gasteiger partial charge in [-0.15, -0.1) is 0 Å². The van der Waals surface area contributed by atoms with E-state index in [2.05, 4.69) is 15.6 Å². The van der Waals surface area contributed by atoms with Crippen molar-refractivity contribution in [2.45, 2.75) is 44.8 Å². The number of pyridine rings is 1. The average molecular weight is 263 g/mol. The van der Waals surface area contributed by atoms with E-state index in [-0.39, 0.29) is 12.0 Å². The van der Waals surface area contributed by atoms with Crippen LogP contribution in [0.15, 0.2) is 18.3 Å². The molecule has 3 N–H and O–H groups in total. The van der Waals surface area contributed by atoms with Gasteiger partial charge in [-0.3, -0.25) is 9.78 Å². The van der Waals surface area contributed by atoms with E-state index < -0.39 is 0 Å². The molecule has 0 aromatic carbocycles. The van der Waals surface area contributed by atoms with E-state index in [1.807, 2.05) is 13.0 Å². The fourth-order valence-corrected chi connectivity index (χ4v) is 2.35. The molecule has 0 saturated heterocycles. The zero-order valence-electron chi connectivity index (χ0n) is 11.2. The van der Waals surface area contributed by atoms with Crippen molar-refractivity contribution in [3.05, 3.63) is 24.0 Å². The minimum absolute atomic E-state index is 0.148. The molecular formula is C14H21N3O2. The molecule has 1 aliphatic rings. The van der Waals surface area contributed by atoms with Crippen molar-refractivity contribution in [3.63, 3.8) is 0 Å². The highest BCUT2D eigenvalue weighted by Crippen LogP contribution is 2.22. The molecule has 5 heteroatoms. The molecular weight excluding hydrogens is 242 g/mol. The number of carbonyl (C=O) groups excluding carboxylic acids is 1. The Kier molecular flexibility index (Phi) is 4.74. The number of anilines is 1. The number of hydrogen-bond donors (Lipinski definition) is 3. The molecule has 1 heterocycles. The first-order valence-corrected chi connectivity index (χ1v) is 6.88. The summed E-state index contributed by atoms with van der Waals surface area (Å²) < 4.78 is 0. The molecule has 0 atom stereocenters. The minimum atomic E-state index is -0.151. The van der Waals surface area contributed by atoms with Crippen molar-refractivity contribution in [3.8, 4) is 0 Å². The molecule has 104 valence electrons.